The highest BCUT2D eigenvalue weighted by Gasteiger charge is 2.57. The molecule has 2 nitrogen and oxygen atoms in total. The average Bonchev–Trinajstić information content (AvgIpc) is 3.48. The van der Waals surface area contributed by atoms with Crippen molar-refractivity contribution in [2.45, 2.75) is 96.9 Å². The van der Waals surface area contributed by atoms with Gasteiger partial charge in [-0.2, -0.15) is 4.57 Å². The van der Waals surface area contributed by atoms with E-state index in [4.69, 9.17) is 0 Å². The lowest BCUT2D eigenvalue weighted by Gasteiger charge is -2.39. The van der Waals surface area contributed by atoms with Crippen LogP contribution in [0, 0.1) is 25.7 Å². The zero-order chi connectivity index (χ0) is 21.1. The van der Waals surface area contributed by atoms with Gasteiger partial charge in [0.05, 0.1) is 5.41 Å². The SMILES string of the molecule is Cc1ccccc1-n1c(C)c2[n+](c1C(C)(C)C)C(C1CCCC1)(C1CCCC1)C=C2. The van der Waals surface area contributed by atoms with Crippen molar-refractivity contribution in [3.05, 3.63) is 53.1 Å². The van der Waals surface area contributed by atoms with Crippen LogP contribution in [-0.4, -0.2) is 4.57 Å². The summed E-state index contributed by atoms with van der Waals surface area (Å²) in [4.78, 5) is 0. The standard InChI is InChI=1S/C28H39N2/c1-20-12-6-11-17-24(20)29-21(2)25-18-19-28(22-13-7-8-14-22,23-15-9-10-16-23)30(25)26(29)27(3,4)5/h6,11-12,17-19,22-23H,7-10,13-16H2,1-5H3/q+1. The van der Waals surface area contributed by atoms with Crippen molar-refractivity contribution in [1.29, 1.82) is 0 Å². The highest BCUT2D eigenvalue weighted by molar-refractivity contribution is 5.54. The molecule has 1 aromatic heterocycles. The Balaban J connectivity index is 1.82. The van der Waals surface area contributed by atoms with Crippen LogP contribution in [-0.2, 0) is 11.0 Å². The van der Waals surface area contributed by atoms with E-state index in [1.165, 1.54) is 79.8 Å². The van der Waals surface area contributed by atoms with Crippen molar-refractivity contribution >= 4 is 6.08 Å². The summed E-state index contributed by atoms with van der Waals surface area (Å²) in [6.45, 7) is 11.8. The van der Waals surface area contributed by atoms with Crippen LogP contribution in [0.2, 0.25) is 0 Å². The molecule has 2 heteroatoms. The van der Waals surface area contributed by atoms with Gasteiger partial charge in [0.1, 0.15) is 11.2 Å². The maximum atomic E-state index is 2.86. The molecule has 0 saturated heterocycles. The van der Waals surface area contributed by atoms with Gasteiger partial charge in [0.15, 0.2) is 11.4 Å². The molecule has 3 aliphatic rings. The molecule has 0 spiro atoms. The third kappa shape index (κ3) is 2.78. The van der Waals surface area contributed by atoms with Crippen LogP contribution in [0.4, 0.5) is 0 Å². The molecule has 0 N–H and O–H groups in total. The first kappa shape index (κ1) is 20.1. The number of rotatable bonds is 3. The highest BCUT2D eigenvalue weighted by atomic mass is 15.3. The summed E-state index contributed by atoms with van der Waals surface area (Å²) in [5, 5.41) is 0. The van der Waals surface area contributed by atoms with Crippen molar-refractivity contribution in [3.63, 3.8) is 0 Å². The van der Waals surface area contributed by atoms with E-state index in [0.29, 0.717) is 0 Å². The Bertz CT molecular complexity index is 957. The Hall–Kier alpha value is -1.83. The summed E-state index contributed by atoms with van der Waals surface area (Å²) >= 11 is 0. The number of benzene rings is 1. The van der Waals surface area contributed by atoms with Crippen molar-refractivity contribution < 1.29 is 4.57 Å². The molecule has 0 unspecified atom stereocenters. The number of aryl methyl sites for hydroxylation is 1. The van der Waals surface area contributed by atoms with Gasteiger partial charge < -0.3 is 0 Å². The zero-order valence-corrected chi connectivity index (χ0v) is 19.7. The fourth-order valence-electron chi connectivity index (χ4n) is 7.05. The number of allylic oxidation sites excluding steroid dienone is 1. The number of nitrogens with zero attached hydrogens (tertiary/aromatic N) is 2. The smallest absolute Gasteiger partial charge is 0.217 e. The predicted molar refractivity (Wildman–Crippen MR) is 125 cm³/mol. The summed E-state index contributed by atoms with van der Waals surface area (Å²) in [7, 11) is 0. The Morgan fingerprint density at radius 3 is 2.00 bits per heavy atom. The van der Waals surface area contributed by atoms with E-state index >= 15 is 0 Å². The van der Waals surface area contributed by atoms with Gasteiger partial charge in [0.25, 0.3) is 5.82 Å². The normalized spacial score (nSPS) is 21.6. The molecule has 2 saturated carbocycles. The minimum absolute atomic E-state index is 0.0692. The first-order chi connectivity index (χ1) is 14.4. The van der Waals surface area contributed by atoms with Crippen LogP contribution >= 0.6 is 0 Å². The summed E-state index contributed by atoms with van der Waals surface area (Å²) in [6, 6.07) is 8.93. The number of imidazole rings is 1. The van der Waals surface area contributed by atoms with Crippen molar-refractivity contribution in [2.24, 2.45) is 11.8 Å². The van der Waals surface area contributed by atoms with Crippen molar-refractivity contribution in [1.82, 2.24) is 4.57 Å². The Morgan fingerprint density at radius 1 is 0.900 bits per heavy atom. The molecule has 2 heterocycles. The lowest BCUT2D eigenvalue weighted by Crippen LogP contribution is -2.64. The summed E-state index contributed by atoms with van der Waals surface area (Å²) < 4.78 is 5.47. The Kier molecular flexibility index (Phi) is 4.76. The third-order valence-corrected chi connectivity index (χ3v) is 8.31. The second-order valence-corrected chi connectivity index (χ2v) is 11.2. The summed E-state index contributed by atoms with van der Waals surface area (Å²) in [6.07, 6.45) is 16.4. The van der Waals surface area contributed by atoms with E-state index in [1.807, 2.05) is 0 Å². The van der Waals surface area contributed by atoms with Gasteiger partial charge in [-0.25, -0.2) is 4.57 Å². The molecule has 5 rings (SSSR count). The molecule has 0 amide bonds. The fraction of sp³-hybridized carbons (Fsp3) is 0.607. The van der Waals surface area contributed by atoms with Crippen LogP contribution in [0.3, 0.4) is 0 Å². The Labute approximate surface area is 183 Å². The minimum Gasteiger partial charge on any atom is -0.217 e. The monoisotopic (exact) mass is 403 g/mol. The van der Waals surface area contributed by atoms with Gasteiger partial charge in [-0.3, -0.25) is 0 Å². The number of hydrogen-bond donors (Lipinski definition) is 0. The van der Waals surface area contributed by atoms with Gasteiger partial charge in [-0.1, -0.05) is 43.9 Å². The molecular formula is C28H39N2+. The second kappa shape index (κ2) is 7.11. The molecule has 0 radical (unpaired) electrons. The molecule has 160 valence electrons. The molecule has 30 heavy (non-hydrogen) atoms. The van der Waals surface area contributed by atoms with Crippen molar-refractivity contribution in [3.8, 4) is 5.69 Å². The molecule has 0 bridgehead atoms. The molecule has 1 aliphatic heterocycles. The maximum Gasteiger partial charge on any atom is 0.268 e. The minimum atomic E-state index is 0.0692. The molecule has 2 aromatic rings. The van der Waals surface area contributed by atoms with Crippen LogP contribution < -0.4 is 4.57 Å². The average molecular weight is 404 g/mol. The van der Waals surface area contributed by atoms with Gasteiger partial charge in [0, 0.05) is 18.8 Å². The zero-order valence-electron chi connectivity index (χ0n) is 19.7. The third-order valence-electron chi connectivity index (χ3n) is 8.31. The summed E-state index contributed by atoms with van der Waals surface area (Å²) in [5.41, 5.74) is 5.83. The second-order valence-electron chi connectivity index (χ2n) is 11.2. The lowest BCUT2D eigenvalue weighted by atomic mass is 9.71. The molecule has 1 aromatic carbocycles. The van der Waals surface area contributed by atoms with Gasteiger partial charge >= 0.3 is 0 Å². The van der Waals surface area contributed by atoms with Crippen LogP contribution in [0.5, 0.6) is 0 Å². The van der Waals surface area contributed by atoms with Gasteiger partial charge in [-0.15, -0.1) is 0 Å². The highest BCUT2D eigenvalue weighted by Crippen LogP contribution is 2.51. The van der Waals surface area contributed by atoms with Crippen LogP contribution in [0.15, 0.2) is 30.3 Å². The van der Waals surface area contributed by atoms with Crippen LogP contribution in [0.1, 0.15) is 94.9 Å². The quantitative estimate of drug-likeness (QED) is 0.499. The molecule has 2 fully saturated rings. The summed E-state index contributed by atoms with van der Waals surface area (Å²) in [5.74, 6) is 3.07. The maximum absolute atomic E-state index is 2.86. The number of hydrogen-bond acceptors (Lipinski definition) is 0. The van der Waals surface area contributed by atoms with E-state index in [-0.39, 0.29) is 11.0 Å². The fourth-order valence-corrected chi connectivity index (χ4v) is 7.05. The van der Waals surface area contributed by atoms with E-state index in [1.54, 1.807) is 0 Å². The number of aromatic nitrogens is 2. The lowest BCUT2D eigenvalue weighted by molar-refractivity contribution is -0.773. The van der Waals surface area contributed by atoms with E-state index < -0.39 is 0 Å². The molecular weight excluding hydrogens is 364 g/mol. The van der Waals surface area contributed by atoms with Crippen LogP contribution in [0.25, 0.3) is 11.8 Å². The van der Waals surface area contributed by atoms with E-state index in [0.717, 1.165) is 11.8 Å². The first-order valence-corrected chi connectivity index (χ1v) is 12.3. The van der Waals surface area contributed by atoms with Crippen molar-refractivity contribution in [2.75, 3.05) is 0 Å². The molecule has 0 atom stereocenters. The van der Waals surface area contributed by atoms with Gasteiger partial charge in [-0.05, 0) is 77.2 Å². The van der Waals surface area contributed by atoms with E-state index in [2.05, 4.69) is 80.2 Å². The topological polar surface area (TPSA) is 8.81 Å². The Morgan fingerprint density at radius 2 is 1.47 bits per heavy atom. The predicted octanol–water partition coefficient (Wildman–Crippen LogP) is 6.78. The number of fused-ring (bicyclic) bond motifs is 1. The van der Waals surface area contributed by atoms with Gasteiger partial charge in [0.2, 0.25) is 0 Å². The first-order valence-electron chi connectivity index (χ1n) is 12.3. The largest absolute Gasteiger partial charge is 0.268 e. The molecule has 2 aliphatic carbocycles. The number of para-hydroxylation sites is 1. The van der Waals surface area contributed by atoms with E-state index in [9.17, 15) is 0 Å².